The minimum Gasteiger partial charge on any atom is -0.467 e. The molecular formula is C29H19BrFN3O3. The van der Waals surface area contributed by atoms with Crippen LogP contribution >= 0.6 is 15.9 Å². The molecule has 3 heterocycles. The largest absolute Gasteiger partial charge is 0.467 e. The monoisotopic (exact) mass is 555 g/mol. The number of hydrogen-bond acceptors (Lipinski definition) is 4. The minimum atomic E-state index is -0.566. The first-order chi connectivity index (χ1) is 18.0. The zero-order valence-electron chi connectivity index (χ0n) is 19.3. The standard InChI is InChI=1S/C29H19BrFN3O3/c30-19-10-13-22-21(15-19)26(17-5-2-1-3-6-17)27(28(35)32-22)23-16-24(25-7-4-14-37-25)34(33-23)29(36)18-8-11-20(31)12-9-18/h1-15,24H,16H2,(H,32,35)/t24-/m0/s1. The molecule has 1 atom stereocenters. The van der Waals surface area contributed by atoms with Crippen LogP contribution in [0.3, 0.4) is 0 Å². The van der Waals surface area contributed by atoms with Gasteiger partial charge in [-0.3, -0.25) is 9.59 Å². The normalized spacial score (nSPS) is 15.2. The average molecular weight is 556 g/mol. The molecule has 8 heteroatoms. The number of hydrazone groups is 1. The second-order valence-electron chi connectivity index (χ2n) is 8.70. The van der Waals surface area contributed by atoms with E-state index in [1.807, 2.05) is 48.5 Å². The summed E-state index contributed by atoms with van der Waals surface area (Å²) in [7, 11) is 0. The summed E-state index contributed by atoms with van der Waals surface area (Å²) in [5.74, 6) is -0.320. The smallest absolute Gasteiger partial charge is 0.274 e. The van der Waals surface area contributed by atoms with Crippen molar-refractivity contribution in [1.29, 1.82) is 0 Å². The van der Waals surface area contributed by atoms with Gasteiger partial charge in [0.25, 0.3) is 11.5 Å². The number of aromatic nitrogens is 1. The molecule has 0 fully saturated rings. The lowest BCUT2D eigenvalue weighted by Crippen LogP contribution is -2.26. The molecule has 0 aliphatic carbocycles. The van der Waals surface area contributed by atoms with Crippen molar-refractivity contribution in [2.45, 2.75) is 12.5 Å². The number of nitrogens with zero attached hydrogens (tertiary/aromatic N) is 2. The highest BCUT2D eigenvalue weighted by Gasteiger charge is 2.37. The number of H-pyrrole nitrogens is 1. The Morgan fingerprint density at radius 1 is 1.00 bits per heavy atom. The number of furan rings is 1. The molecule has 0 radical (unpaired) electrons. The molecule has 1 aliphatic heterocycles. The number of rotatable bonds is 4. The number of aromatic amines is 1. The number of benzene rings is 3. The lowest BCUT2D eigenvalue weighted by atomic mass is 9.92. The molecule has 1 N–H and O–H groups in total. The number of hydrogen-bond donors (Lipinski definition) is 1. The summed E-state index contributed by atoms with van der Waals surface area (Å²) < 4.78 is 20.0. The second kappa shape index (κ2) is 9.29. The number of carbonyl (C=O) groups is 1. The molecule has 6 rings (SSSR count). The van der Waals surface area contributed by atoms with E-state index in [0.29, 0.717) is 22.6 Å². The van der Waals surface area contributed by atoms with Gasteiger partial charge in [0.15, 0.2) is 0 Å². The summed E-state index contributed by atoms with van der Waals surface area (Å²) in [5, 5.41) is 6.85. The quantitative estimate of drug-likeness (QED) is 0.268. The SMILES string of the molecule is O=C(c1ccc(F)cc1)N1N=C(c2c(-c3ccccc3)c3cc(Br)ccc3[nH]c2=O)C[C@H]1c1ccco1. The first-order valence-corrected chi connectivity index (χ1v) is 12.4. The zero-order valence-corrected chi connectivity index (χ0v) is 20.9. The maximum atomic E-state index is 13.6. The van der Waals surface area contributed by atoms with Gasteiger partial charge in [0.05, 0.1) is 17.5 Å². The fraction of sp³-hybridized carbons (Fsp3) is 0.0690. The van der Waals surface area contributed by atoms with Crippen LogP contribution in [-0.4, -0.2) is 21.6 Å². The predicted octanol–water partition coefficient (Wildman–Crippen LogP) is 6.68. The van der Waals surface area contributed by atoms with Crippen molar-refractivity contribution in [1.82, 2.24) is 9.99 Å². The highest BCUT2D eigenvalue weighted by Crippen LogP contribution is 2.38. The molecule has 5 aromatic rings. The van der Waals surface area contributed by atoms with Gasteiger partial charge in [0.1, 0.15) is 17.6 Å². The van der Waals surface area contributed by atoms with Gasteiger partial charge in [-0.15, -0.1) is 0 Å². The molecule has 182 valence electrons. The Bertz CT molecular complexity index is 1710. The van der Waals surface area contributed by atoms with Crippen molar-refractivity contribution >= 4 is 38.5 Å². The maximum absolute atomic E-state index is 13.6. The van der Waals surface area contributed by atoms with Gasteiger partial charge in [-0.2, -0.15) is 5.10 Å². The summed E-state index contributed by atoms with van der Waals surface area (Å²) in [4.78, 5) is 30.0. The van der Waals surface area contributed by atoms with Crippen molar-refractivity contribution in [3.05, 3.63) is 129 Å². The lowest BCUT2D eigenvalue weighted by molar-refractivity contribution is 0.0693. The second-order valence-corrected chi connectivity index (χ2v) is 9.61. The number of amides is 1. The molecule has 3 aromatic carbocycles. The van der Waals surface area contributed by atoms with E-state index in [4.69, 9.17) is 4.42 Å². The summed E-state index contributed by atoms with van der Waals surface area (Å²) in [5.41, 5.74) is 3.10. The number of nitrogens with one attached hydrogen (secondary N) is 1. The average Bonchev–Trinajstić information content (AvgIpc) is 3.59. The molecule has 0 bridgehead atoms. The summed E-state index contributed by atoms with van der Waals surface area (Å²) in [6.07, 6.45) is 1.80. The van der Waals surface area contributed by atoms with Gasteiger partial charge < -0.3 is 9.40 Å². The summed E-state index contributed by atoms with van der Waals surface area (Å²) in [6.45, 7) is 0. The van der Waals surface area contributed by atoms with Crippen molar-refractivity contribution in [3.8, 4) is 11.1 Å². The molecule has 1 aliphatic rings. The van der Waals surface area contributed by atoms with Crippen molar-refractivity contribution in [3.63, 3.8) is 0 Å². The number of carbonyl (C=O) groups excluding carboxylic acids is 1. The van der Waals surface area contributed by atoms with Crippen LogP contribution in [0.25, 0.3) is 22.0 Å². The van der Waals surface area contributed by atoms with Gasteiger partial charge in [-0.1, -0.05) is 46.3 Å². The Balaban J connectivity index is 1.56. The van der Waals surface area contributed by atoms with E-state index in [9.17, 15) is 14.0 Å². The predicted molar refractivity (Wildman–Crippen MR) is 143 cm³/mol. The van der Waals surface area contributed by atoms with Crippen LogP contribution in [0.15, 0.2) is 110 Å². The van der Waals surface area contributed by atoms with Crippen LogP contribution in [-0.2, 0) is 0 Å². The van der Waals surface area contributed by atoms with Crippen LogP contribution < -0.4 is 5.56 Å². The highest BCUT2D eigenvalue weighted by atomic mass is 79.9. The molecule has 1 amide bonds. The Labute approximate surface area is 219 Å². The van der Waals surface area contributed by atoms with E-state index >= 15 is 0 Å². The Morgan fingerprint density at radius 3 is 2.51 bits per heavy atom. The third-order valence-corrected chi connectivity index (χ3v) is 6.90. The van der Waals surface area contributed by atoms with Crippen molar-refractivity contribution in [2.75, 3.05) is 0 Å². The van der Waals surface area contributed by atoms with E-state index < -0.39 is 17.8 Å². The highest BCUT2D eigenvalue weighted by molar-refractivity contribution is 9.10. The van der Waals surface area contributed by atoms with E-state index in [1.54, 1.807) is 12.1 Å². The van der Waals surface area contributed by atoms with Gasteiger partial charge >= 0.3 is 0 Å². The van der Waals surface area contributed by atoms with Crippen LogP contribution in [0.5, 0.6) is 0 Å². The molecule has 0 spiro atoms. The minimum absolute atomic E-state index is 0.267. The van der Waals surface area contributed by atoms with Crippen molar-refractivity contribution in [2.24, 2.45) is 5.10 Å². The van der Waals surface area contributed by atoms with Gasteiger partial charge in [-0.25, -0.2) is 9.40 Å². The summed E-state index contributed by atoms with van der Waals surface area (Å²) in [6, 6.07) is 23.5. The fourth-order valence-corrected chi connectivity index (χ4v) is 5.08. The van der Waals surface area contributed by atoms with E-state index in [0.717, 1.165) is 21.0 Å². The lowest BCUT2D eigenvalue weighted by Gasteiger charge is -2.19. The zero-order chi connectivity index (χ0) is 25.5. The number of fused-ring (bicyclic) bond motifs is 1. The number of halogens is 2. The third kappa shape index (κ3) is 4.19. The van der Waals surface area contributed by atoms with Gasteiger partial charge in [0, 0.05) is 32.9 Å². The van der Waals surface area contributed by atoms with Crippen LogP contribution in [0, 0.1) is 5.82 Å². The first-order valence-electron chi connectivity index (χ1n) is 11.6. The third-order valence-electron chi connectivity index (χ3n) is 6.41. The van der Waals surface area contributed by atoms with Crippen LogP contribution in [0.4, 0.5) is 4.39 Å². The molecule has 0 saturated heterocycles. The molecule has 2 aromatic heterocycles. The Kier molecular flexibility index (Phi) is 5.81. The van der Waals surface area contributed by atoms with Gasteiger partial charge in [-0.05, 0) is 60.2 Å². The van der Waals surface area contributed by atoms with Crippen molar-refractivity contribution < 1.29 is 13.6 Å². The summed E-state index contributed by atoms with van der Waals surface area (Å²) >= 11 is 3.55. The Morgan fingerprint density at radius 2 is 1.78 bits per heavy atom. The topological polar surface area (TPSA) is 78.7 Å². The maximum Gasteiger partial charge on any atom is 0.274 e. The fourth-order valence-electron chi connectivity index (χ4n) is 4.72. The molecule has 0 unspecified atom stereocenters. The van der Waals surface area contributed by atoms with Crippen LogP contribution in [0.1, 0.15) is 34.1 Å². The number of pyridine rings is 1. The van der Waals surface area contributed by atoms with Gasteiger partial charge in [0.2, 0.25) is 0 Å². The first kappa shape index (κ1) is 23.1. The molecule has 6 nitrogen and oxygen atoms in total. The van der Waals surface area contributed by atoms with E-state index in [1.165, 1.54) is 35.5 Å². The molecular weight excluding hydrogens is 537 g/mol. The Hall–Kier alpha value is -4.30. The molecule has 0 saturated carbocycles. The van der Waals surface area contributed by atoms with E-state index in [-0.39, 0.29) is 17.5 Å². The van der Waals surface area contributed by atoms with E-state index in [2.05, 4.69) is 26.0 Å². The van der Waals surface area contributed by atoms with Crippen LogP contribution in [0.2, 0.25) is 0 Å². The molecule has 37 heavy (non-hydrogen) atoms.